The number of hydrogen-bond donors (Lipinski definition) is 1. The molecule has 2 N–H and O–H groups in total. The van der Waals surface area contributed by atoms with Crippen molar-refractivity contribution in [2.24, 2.45) is 11.7 Å². The largest absolute Gasteiger partial charge is 0.445 e. The van der Waals surface area contributed by atoms with Crippen molar-refractivity contribution in [3.8, 4) is 0 Å². The summed E-state index contributed by atoms with van der Waals surface area (Å²) in [4.78, 5) is 4.49. The molecule has 0 saturated heterocycles. The molecule has 1 atom stereocenters. The molecule has 14 heavy (non-hydrogen) atoms. The first-order valence-corrected chi connectivity index (χ1v) is 5.51. The van der Waals surface area contributed by atoms with Crippen molar-refractivity contribution in [1.29, 1.82) is 0 Å². The average Bonchev–Trinajstić information content (AvgIpc) is 2.60. The second kappa shape index (κ2) is 4.13. The molecule has 0 radical (unpaired) electrons. The molecule has 0 saturated carbocycles. The zero-order valence-electron chi connectivity index (χ0n) is 8.75. The second-order valence-electron chi connectivity index (χ2n) is 4.02. The van der Waals surface area contributed by atoms with E-state index >= 15 is 0 Å². The van der Waals surface area contributed by atoms with Gasteiger partial charge in [-0.2, -0.15) is 0 Å². The third kappa shape index (κ3) is 1.82. The maximum Gasteiger partial charge on any atom is 0.194 e. The van der Waals surface area contributed by atoms with E-state index < -0.39 is 0 Å². The lowest BCUT2D eigenvalue weighted by molar-refractivity contribution is 0.381. The van der Waals surface area contributed by atoms with Crippen molar-refractivity contribution in [1.82, 2.24) is 4.98 Å². The Morgan fingerprint density at radius 3 is 3.14 bits per heavy atom. The summed E-state index contributed by atoms with van der Waals surface area (Å²) in [5.41, 5.74) is 6.75. The van der Waals surface area contributed by atoms with E-state index in [1.165, 1.54) is 12.1 Å². The molecule has 78 valence electrons. The van der Waals surface area contributed by atoms with Crippen molar-refractivity contribution in [3.05, 3.63) is 17.3 Å². The van der Waals surface area contributed by atoms with Crippen LogP contribution in [0.3, 0.4) is 0 Å². The summed E-state index contributed by atoms with van der Waals surface area (Å²) in [5.74, 6) is 2.74. The Hall–Kier alpha value is -0.830. The van der Waals surface area contributed by atoms with Crippen molar-refractivity contribution in [2.45, 2.75) is 39.0 Å². The van der Waals surface area contributed by atoms with Crippen molar-refractivity contribution in [2.75, 3.05) is 6.54 Å². The molecule has 2 rings (SSSR count). The van der Waals surface area contributed by atoms with Gasteiger partial charge in [-0.3, -0.25) is 0 Å². The molecule has 0 spiro atoms. The summed E-state index contributed by atoms with van der Waals surface area (Å²) >= 11 is 0. The van der Waals surface area contributed by atoms with E-state index in [9.17, 15) is 0 Å². The second-order valence-corrected chi connectivity index (χ2v) is 4.02. The van der Waals surface area contributed by atoms with Crippen LogP contribution in [0.25, 0.3) is 0 Å². The van der Waals surface area contributed by atoms with Gasteiger partial charge in [0.1, 0.15) is 5.76 Å². The fourth-order valence-corrected chi connectivity index (χ4v) is 2.14. The topological polar surface area (TPSA) is 52.0 Å². The molecule has 1 aliphatic rings. The molecule has 1 aromatic rings. The Bertz CT molecular complexity index is 306. The summed E-state index contributed by atoms with van der Waals surface area (Å²) < 4.78 is 5.64. The van der Waals surface area contributed by atoms with Gasteiger partial charge in [0.2, 0.25) is 0 Å². The highest BCUT2D eigenvalue weighted by Gasteiger charge is 2.22. The van der Waals surface area contributed by atoms with Crippen LogP contribution in [-0.2, 0) is 19.3 Å². The summed E-state index contributed by atoms with van der Waals surface area (Å²) in [5, 5.41) is 0. The van der Waals surface area contributed by atoms with Crippen LogP contribution in [0.2, 0.25) is 0 Å². The van der Waals surface area contributed by atoms with E-state index in [1.54, 1.807) is 0 Å². The Morgan fingerprint density at radius 2 is 2.43 bits per heavy atom. The Labute approximate surface area is 84.7 Å². The molecule has 0 aromatic carbocycles. The predicted octanol–water partition coefficient (Wildman–Crippen LogP) is 1.69. The maximum absolute atomic E-state index is 5.64. The van der Waals surface area contributed by atoms with Crippen LogP contribution in [0.4, 0.5) is 0 Å². The van der Waals surface area contributed by atoms with Crippen molar-refractivity contribution < 1.29 is 4.42 Å². The highest BCUT2D eigenvalue weighted by molar-refractivity contribution is 5.14. The normalized spacial score (nSPS) is 20.9. The number of aromatic nitrogens is 1. The molecule has 1 aliphatic carbocycles. The third-order valence-electron chi connectivity index (χ3n) is 2.96. The molecule has 3 heteroatoms. The molecular weight excluding hydrogens is 176 g/mol. The number of oxazole rings is 1. The Kier molecular flexibility index (Phi) is 2.87. The summed E-state index contributed by atoms with van der Waals surface area (Å²) in [6, 6.07) is 0. The van der Waals surface area contributed by atoms with Gasteiger partial charge in [0.15, 0.2) is 5.89 Å². The predicted molar refractivity (Wildman–Crippen MR) is 55.1 cm³/mol. The molecule has 1 unspecified atom stereocenters. The van der Waals surface area contributed by atoms with Gasteiger partial charge >= 0.3 is 0 Å². The zero-order chi connectivity index (χ0) is 9.97. The minimum absolute atomic E-state index is 0.724. The lowest BCUT2D eigenvalue weighted by Crippen LogP contribution is -2.17. The van der Waals surface area contributed by atoms with E-state index in [0.29, 0.717) is 0 Å². The van der Waals surface area contributed by atoms with Crippen LogP contribution in [0.1, 0.15) is 37.1 Å². The monoisotopic (exact) mass is 194 g/mol. The van der Waals surface area contributed by atoms with Gasteiger partial charge in [-0.05, 0) is 31.7 Å². The minimum Gasteiger partial charge on any atom is -0.445 e. The van der Waals surface area contributed by atoms with Gasteiger partial charge in [-0.15, -0.1) is 0 Å². The SMILES string of the molecule is CCc1nc2c(o1)CCC(CCN)C2. The van der Waals surface area contributed by atoms with Gasteiger partial charge in [-0.25, -0.2) is 4.98 Å². The van der Waals surface area contributed by atoms with Crippen LogP contribution >= 0.6 is 0 Å². The van der Waals surface area contributed by atoms with Gasteiger partial charge < -0.3 is 10.2 Å². The lowest BCUT2D eigenvalue weighted by Gasteiger charge is -2.18. The smallest absolute Gasteiger partial charge is 0.194 e. The first-order chi connectivity index (χ1) is 6.83. The minimum atomic E-state index is 0.724. The van der Waals surface area contributed by atoms with Crippen LogP contribution in [0.5, 0.6) is 0 Å². The number of nitrogens with zero attached hydrogens (tertiary/aromatic N) is 1. The molecule has 3 nitrogen and oxygen atoms in total. The number of hydrogen-bond acceptors (Lipinski definition) is 3. The molecular formula is C11H18N2O. The first kappa shape index (κ1) is 9.71. The van der Waals surface area contributed by atoms with Crippen molar-refractivity contribution >= 4 is 0 Å². The zero-order valence-corrected chi connectivity index (χ0v) is 8.75. The van der Waals surface area contributed by atoms with Crippen LogP contribution < -0.4 is 5.73 Å². The van der Waals surface area contributed by atoms with Gasteiger partial charge in [0.25, 0.3) is 0 Å². The average molecular weight is 194 g/mol. The number of rotatable bonds is 3. The van der Waals surface area contributed by atoms with Crippen LogP contribution in [-0.4, -0.2) is 11.5 Å². The quantitative estimate of drug-likeness (QED) is 0.796. The Balaban J connectivity index is 2.09. The number of fused-ring (bicyclic) bond motifs is 1. The molecule has 1 heterocycles. The maximum atomic E-state index is 5.64. The first-order valence-electron chi connectivity index (χ1n) is 5.51. The van der Waals surface area contributed by atoms with E-state index in [2.05, 4.69) is 11.9 Å². The molecule has 1 aromatic heterocycles. The summed E-state index contributed by atoms with van der Waals surface area (Å²) in [6.45, 7) is 2.87. The molecule has 0 aliphatic heterocycles. The van der Waals surface area contributed by atoms with Crippen LogP contribution in [0, 0.1) is 5.92 Å². The summed E-state index contributed by atoms with van der Waals surface area (Å²) in [6.07, 6.45) is 5.34. The van der Waals surface area contributed by atoms with Gasteiger partial charge in [-0.1, -0.05) is 6.92 Å². The number of aryl methyl sites for hydroxylation is 2. The highest BCUT2D eigenvalue weighted by Crippen LogP contribution is 2.27. The van der Waals surface area contributed by atoms with E-state index in [0.717, 1.165) is 49.8 Å². The van der Waals surface area contributed by atoms with E-state index in [4.69, 9.17) is 10.2 Å². The van der Waals surface area contributed by atoms with Gasteiger partial charge in [0.05, 0.1) is 5.69 Å². The van der Waals surface area contributed by atoms with Crippen LogP contribution in [0.15, 0.2) is 4.42 Å². The number of nitrogens with two attached hydrogens (primary N) is 1. The third-order valence-corrected chi connectivity index (χ3v) is 2.96. The van der Waals surface area contributed by atoms with E-state index in [-0.39, 0.29) is 0 Å². The fourth-order valence-electron chi connectivity index (χ4n) is 2.14. The van der Waals surface area contributed by atoms with Crippen molar-refractivity contribution in [3.63, 3.8) is 0 Å². The molecule has 0 amide bonds. The molecule has 0 bridgehead atoms. The molecule has 0 fully saturated rings. The standard InChI is InChI=1S/C11H18N2O/c1-2-11-13-9-7-8(5-6-12)3-4-10(9)14-11/h8H,2-7,12H2,1H3. The highest BCUT2D eigenvalue weighted by atomic mass is 16.4. The lowest BCUT2D eigenvalue weighted by atomic mass is 9.88. The Morgan fingerprint density at radius 1 is 1.57 bits per heavy atom. The fraction of sp³-hybridized carbons (Fsp3) is 0.727. The summed E-state index contributed by atoms with van der Waals surface area (Å²) in [7, 11) is 0. The van der Waals surface area contributed by atoms with Gasteiger partial charge in [0, 0.05) is 12.8 Å². The van der Waals surface area contributed by atoms with E-state index in [1.807, 2.05) is 0 Å².